The summed E-state index contributed by atoms with van der Waals surface area (Å²) < 4.78 is 0. The molecule has 0 unspecified atom stereocenters. The fourth-order valence-electron chi connectivity index (χ4n) is 3.63. The second-order valence-electron chi connectivity index (χ2n) is 8.42. The minimum atomic E-state index is -0.377. The number of carbonyl (C=O) groups excluding carboxylic acids is 3. The largest absolute Gasteiger partial charge is 0.354 e. The number of hydrogen-bond donors (Lipinski definition) is 2. The van der Waals surface area contributed by atoms with E-state index in [0.717, 1.165) is 19.6 Å². The number of nitrogens with one attached hydrogen (secondary N) is 2. The molecule has 0 aliphatic carbocycles. The third-order valence-corrected chi connectivity index (χ3v) is 7.00. The first-order valence-corrected chi connectivity index (χ1v) is 12.9. The van der Waals surface area contributed by atoms with Gasteiger partial charge in [0.1, 0.15) is 6.54 Å². The van der Waals surface area contributed by atoms with E-state index in [9.17, 15) is 14.4 Å². The van der Waals surface area contributed by atoms with Crippen molar-refractivity contribution in [2.75, 3.05) is 38.0 Å². The zero-order chi connectivity index (χ0) is 24.7. The number of likely N-dealkylation sites (tertiary alicyclic amines) is 1. The Morgan fingerprint density at radius 1 is 1.15 bits per heavy atom. The van der Waals surface area contributed by atoms with Gasteiger partial charge in [-0.25, -0.2) is 4.98 Å². The number of hydrogen-bond acceptors (Lipinski definition) is 6. The number of amides is 3. The monoisotopic (exact) mass is 525 g/mol. The van der Waals surface area contributed by atoms with Crippen LogP contribution >= 0.6 is 34.5 Å². The van der Waals surface area contributed by atoms with Crippen molar-refractivity contribution in [1.82, 2.24) is 20.1 Å². The molecule has 184 valence electrons. The van der Waals surface area contributed by atoms with Crippen LogP contribution in [0, 0.1) is 0 Å². The quantitative estimate of drug-likeness (QED) is 0.493. The number of thiazole rings is 1. The van der Waals surface area contributed by atoms with Crippen LogP contribution in [-0.2, 0) is 16.0 Å². The molecule has 1 fully saturated rings. The number of benzene rings is 1. The Kier molecular flexibility index (Phi) is 9.70. The third kappa shape index (κ3) is 7.66. The lowest BCUT2D eigenvalue weighted by Gasteiger charge is -2.26. The van der Waals surface area contributed by atoms with Gasteiger partial charge in [-0.1, -0.05) is 23.2 Å². The Hall–Kier alpha value is -2.20. The highest BCUT2D eigenvalue weighted by atomic mass is 35.5. The Labute approximate surface area is 213 Å². The summed E-state index contributed by atoms with van der Waals surface area (Å²) in [7, 11) is 0. The first-order valence-electron chi connectivity index (χ1n) is 11.2. The Bertz CT molecular complexity index is 1020. The summed E-state index contributed by atoms with van der Waals surface area (Å²) in [4.78, 5) is 45.8. The van der Waals surface area contributed by atoms with Crippen molar-refractivity contribution in [2.24, 2.45) is 0 Å². The molecule has 1 aromatic heterocycles. The fraction of sp³-hybridized carbons (Fsp3) is 0.478. The highest BCUT2D eigenvalue weighted by molar-refractivity contribution is 7.13. The van der Waals surface area contributed by atoms with E-state index in [2.05, 4.69) is 20.5 Å². The molecule has 1 aliphatic rings. The number of rotatable bonds is 10. The molecule has 0 spiro atoms. The van der Waals surface area contributed by atoms with Gasteiger partial charge in [-0.15, -0.1) is 11.3 Å². The minimum absolute atomic E-state index is 0.0967. The van der Waals surface area contributed by atoms with Crippen LogP contribution in [-0.4, -0.2) is 71.3 Å². The predicted molar refractivity (Wildman–Crippen MR) is 136 cm³/mol. The lowest BCUT2D eigenvalue weighted by molar-refractivity contribution is -0.120. The van der Waals surface area contributed by atoms with Crippen LogP contribution < -0.4 is 10.6 Å². The van der Waals surface area contributed by atoms with Crippen LogP contribution in [0.4, 0.5) is 5.13 Å². The molecule has 0 atom stereocenters. The molecule has 0 saturated carbocycles. The molecule has 1 aromatic carbocycles. The fourth-order valence-corrected chi connectivity index (χ4v) is 4.65. The molecule has 11 heteroatoms. The number of nitrogens with zero attached hydrogens (tertiary/aromatic N) is 3. The standard InChI is InChI=1S/C23H29Cl2N5O3S/c1-15(2)30(22(33)16-5-6-18(24)19(25)11-16)13-21(32)28-23-27-17(14-34-23)12-20(31)26-7-10-29-8-3-4-9-29/h5-6,11,14-15H,3-4,7-10,12-13H2,1-2H3,(H,26,31)(H,27,28,32). The Morgan fingerprint density at radius 2 is 1.88 bits per heavy atom. The van der Waals surface area contributed by atoms with Crippen LogP contribution in [0.2, 0.25) is 10.0 Å². The summed E-state index contributed by atoms with van der Waals surface area (Å²) >= 11 is 13.2. The van der Waals surface area contributed by atoms with Crippen molar-refractivity contribution >= 4 is 57.4 Å². The van der Waals surface area contributed by atoms with Crippen LogP contribution in [0.1, 0.15) is 42.7 Å². The first-order chi connectivity index (χ1) is 16.2. The van der Waals surface area contributed by atoms with Gasteiger partial charge in [-0.05, 0) is 58.0 Å². The number of aromatic nitrogens is 1. The smallest absolute Gasteiger partial charge is 0.254 e. The minimum Gasteiger partial charge on any atom is -0.354 e. The van der Waals surface area contributed by atoms with Crippen LogP contribution in [0.25, 0.3) is 0 Å². The second-order valence-corrected chi connectivity index (χ2v) is 10.1. The maximum Gasteiger partial charge on any atom is 0.254 e. The van der Waals surface area contributed by atoms with Crippen LogP contribution in [0.3, 0.4) is 0 Å². The van der Waals surface area contributed by atoms with Gasteiger partial charge in [0.2, 0.25) is 11.8 Å². The summed E-state index contributed by atoms with van der Waals surface area (Å²) in [5.41, 5.74) is 0.940. The second kappa shape index (κ2) is 12.5. The highest BCUT2D eigenvalue weighted by Crippen LogP contribution is 2.24. The summed E-state index contributed by atoms with van der Waals surface area (Å²) in [5, 5.41) is 8.39. The summed E-state index contributed by atoms with van der Waals surface area (Å²) in [5.74, 6) is -0.798. The van der Waals surface area contributed by atoms with Crippen molar-refractivity contribution < 1.29 is 14.4 Å². The van der Waals surface area contributed by atoms with E-state index in [0.29, 0.717) is 28.0 Å². The third-order valence-electron chi connectivity index (χ3n) is 5.45. The molecular formula is C23H29Cl2N5O3S. The molecule has 34 heavy (non-hydrogen) atoms. The van der Waals surface area contributed by atoms with Crippen molar-refractivity contribution in [3.8, 4) is 0 Å². The maximum atomic E-state index is 12.9. The normalized spacial score (nSPS) is 13.8. The Morgan fingerprint density at radius 3 is 2.56 bits per heavy atom. The van der Waals surface area contributed by atoms with Gasteiger partial charge in [0.25, 0.3) is 5.91 Å². The molecule has 2 N–H and O–H groups in total. The summed E-state index contributed by atoms with van der Waals surface area (Å²) in [6, 6.07) is 4.40. The van der Waals surface area contributed by atoms with Crippen molar-refractivity contribution in [3.05, 3.63) is 44.9 Å². The van der Waals surface area contributed by atoms with Crippen molar-refractivity contribution in [3.63, 3.8) is 0 Å². The number of anilines is 1. The molecule has 3 amide bonds. The van der Waals surface area contributed by atoms with Gasteiger partial charge >= 0.3 is 0 Å². The van der Waals surface area contributed by atoms with Gasteiger partial charge in [0.05, 0.1) is 22.2 Å². The molecule has 3 rings (SSSR count). The number of halogens is 2. The molecule has 2 heterocycles. The van der Waals surface area contributed by atoms with Crippen LogP contribution in [0.5, 0.6) is 0 Å². The first kappa shape index (κ1) is 26.4. The summed E-state index contributed by atoms with van der Waals surface area (Å²) in [6.45, 7) is 7.17. The van der Waals surface area contributed by atoms with Gasteiger partial charge in [-0.3, -0.25) is 14.4 Å². The van der Waals surface area contributed by atoms with E-state index in [-0.39, 0.29) is 41.8 Å². The highest BCUT2D eigenvalue weighted by Gasteiger charge is 2.23. The predicted octanol–water partition coefficient (Wildman–Crippen LogP) is 3.69. The van der Waals surface area contributed by atoms with Crippen molar-refractivity contribution in [1.29, 1.82) is 0 Å². The SMILES string of the molecule is CC(C)N(CC(=O)Nc1nc(CC(=O)NCCN2CCCC2)cs1)C(=O)c1ccc(Cl)c(Cl)c1. The average Bonchev–Trinajstić information content (AvgIpc) is 3.45. The van der Waals surface area contributed by atoms with E-state index in [1.54, 1.807) is 17.5 Å². The molecule has 1 saturated heterocycles. The zero-order valence-corrected chi connectivity index (χ0v) is 21.6. The molecule has 0 bridgehead atoms. The van der Waals surface area contributed by atoms with E-state index < -0.39 is 0 Å². The van der Waals surface area contributed by atoms with Gasteiger partial charge in [0.15, 0.2) is 5.13 Å². The summed E-state index contributed by atoms with van der Waals surface area (Å²) in [6.07, 6.45) is 2.60. The average molecular weight is 526 g/mol. The van der Waals surface area contributed by atoms with E-state index in [1.807, 2.05) is 13.8 Å². The van der Waals surface area contributed by atoms with Crippen molar-refractivity contribution in [2.45, 2.75) is 39.2 Å². The molecule has 1 aliphatic heterocycles. The van der Waals surface area contributed by atoms with Gasteiger partial charge < -0.3 is 20.4 Å². The lowest BCUT2D eigenvalue weighted by atomic mass is 10.1. The zero-order valence-electron chi connectivity index (χ0n) is 19.3. The molecule has 0 radical (unpaired) electrons. The van der Waals surface area contributed by atoms with Crippen LogP contribution in [0.15, 0.2) is 23.6 Å². The molecule has 8 nitrogen and oxygen atoms in total. The molecular weight excluding hydrogens is 497 g/mol. The van der Waals surface area contributed by atoms with E-state index >= 15 is 0 Å². The maximum absolute atomic E-state index is 12.9. The van der Waals surface area contributed by atoms with Gasteiger partial charge in [-0.2, -0.15) is 0 Å². The topological polar surface area (TPSA) is 94.6 Å². The number of carbonyl (C=O) groups is 3. The van der Waals surface area contributed by atoms with Gasteiger partial charge in [0, 0.05) is 30.1 Å². The Balaban J connectivity index is 1.49. The van der Waals surface area contributed by atoms with E-state index in [1.165, 1.54) is 35.1 Å². The van der Waals surface area contributed by atoms with E-state index in [4.69, 9.17) is 23.2 Å². The molecule has 2 aromatic rings. The lowest BCUT2D eigenvalue weighted by Crippen LogP contribution is -2.42.